The molecule has 2 aromatic rings. The molecule has 0 aliphatic heterocycles. The normalized spacial score (nSPS) is 12.7. The first-order chi connectivity index (χ1) is 7.61. The highest BCUT2D eigenvalue weighted by atomic mass is 19.1. The number of nitrogens with zero attached hydrogens (tertiary/aromatic N) is 2. The van der Waals surface area contributed by atoms with Gasteiger partial charge in [0, 0.05) is 18.2 Å². The van der Waals surface area contributed by atoms with E-state index in [9.17, 15) is 9.50 Å². The minimum atomic E-state index is -1.09. The van der Waals surface area contributed by atoms with Crippen LogP contribution in [0.4, 0.5) is 10.2 Å². The second-order valence-electron chi connectivity index (χ2n) is 3.53. The van der Waals surface area contributed by atoms with Crippen LogP contribution in [-0.2, 0) is 7.05 Å². The molecule has 1 aromatic carbocycles. The molecule has 0 amide bonds. The molecule has 0 saturated carbocycles. The van der Waals surface area contributed by atoms with Crippen molar-refractivity contribution in [2.45, 2.75) is 6.10 Å². The van der Waals surface area contributed by atoms with Crippen LogP contribution in [0.25, 0.3) is 0 Å². The summed E-state index contributed by atoms with van der Waals surface area (Å²) in [6.45, 7) is 0. The maximum Gasteiger partial charge on any atom is 0.129 e. The lowest BCUT2D eigenvalue weighted by Crippen LogP contribution is -2.06. The summed E-state index contributed by atoms with van der Waals surface area (Å²) in [6, 6.07) is 6.05. The molecule has 2 rings (SSSR count). The molecular formula is C11H12FN3O. The van der Waals surface area contributed by atoms with Crippen molar-refractivity contribution >= 4 is 5.82 Å². The second kappa shape index (κ2) is 3.94. The Hall–Kier alpha value is -1.88. The fourth-order valence-electron chi connectivity index (χ4n) is 1.54. The summed E-state index contributed by atoms with van der Waals surface area (Å²) in [5, 5.41) is 13.9. The zero-order valence-electron chi connectivity index (χ0n) is 8.76. The highest BCUT2D eigenvalue weighted by Crippen LogP contribution is 2.27. The zero-order valence-corrected chi connectivity index (χ0v) is 8.76. The van der Waals surface area contributed by atoms with Gasteiger partial charge in [-0.25, -0.2) is 4.39 Å². The van der Waals surface area contributed by atoms with E-state index in [0.717, 1.165) is 0 Å². The van der Waals surface area contributed by atoms with Crippen LogP contribution >= 0.6 is 0 Å². The Morgan fingerprint density at radius 2 is 2.06 bits per heavy atom. The van der Waals surface area contributed by atoms with Crippen molar-refractivity contribution in [3.05, 3.63) is 47.4 Å². The largest absolute Gasteiger partial charge is 0.384 e. The van der Waals surface area contributed by atoms with Crippen LogP contribution in [0.5, 0.6) is 0 Å². The fourth-order valence-corrected chi connectivity index (χ4v) is 1.54. The minimum absolute atomic E-state index is 0.196. The van der Waals surface area contributed by atoms with Gasteiger partial charge in [0.1, 0.15) is 17.7 Å². The summed E-state index contributed by atoms with van der Waals surface area (Å²) in [5.74, 6) is -0.131. The van der Waals surface area contributed by atoms with E-state index < -0.39 is 11.9 Å². The summed E-state index contributed by atoms with van der Waals surface area (Å²) in [7, 11) is 1.66. The van der Waals surface area contributed by atoms with Crippen molar-refractivity contribution in [2.24, 2.45) is 7.05 Å². The van der Waals surface area contributed by atoms with E-state index in [1.807, 2.05) is 0 Å². The van der Waals surface area contributed by atoms with Gasteiger partial charge in [0.05, 0.1) is 6.20 Å². The number of aromatic nitrogens is 2. The van der Waals surface area contributed by atoms with Crippen LogP contribution in [0, 0.1) is 5.82 Å². The van der Waals surface area contributed by atoms with Crippen LogP contribution in [0.2, 0.25) is 0 Å². The number of hydrogen-bond donors (Lipinski definition) is 2. The molecule has 1 aromatic heterocycles. The van der Waals surface area contributed by atoms with Crippen molar-refractivity contribution in [3.63, 3.8) is 0 Å². The molecule has 1 unspecified atom stereocenters. The molecule has 0 aliphatic carbocycles. The Morgan fingerprint density at radius 1 is 1.38 bits per heavy atom. The predicted molar refractivity (Wildman–Crippen MR) is 58.1 cm³/mol. The Labute approximate surface area is 92.1 Å². The molecule has 0 spiro atoms. The molecule has 1 atom stereocenters. The molecule has 5 heteroatoms. The number of rotatable bonds is 2. The number of aliphatic hydroxyl groups excluding tert-OH is 1. The second-order valence-corrected chi connectivity index (χ2v) is 3.53. The van der Waals surface area contributed by atoms with E-state index in [0.29, 0.717) is 11.4 Å². The van der Waals surface area contributed by atoms with E-state index in [-0.39, 0.29) is 5.56 Å². The number of benzene rings is 1. The van der Waals surface area contributed by atoms with Crippen molar-refractivity contribution in [1.82, 2.24) is 9.78 Å². The summed E-state index contributed by atoms with van der Waals surface area (Å²) >= 11 is 0. The van der Waals surface area contributed by atoms with E-state index >= 15 is 0 Å². The summed E-state index contributed by atoms with van der Waals surface area (Å²) in [5.41, 5.74) is 6.32. The third kappa shape index (κ3) is 1.65. The topological polar surface area (TPSA) is 64.1 Å². The van der Waals surface area contributed by atoms with Gasteiger partial charge in [0.25, 0.3) is 0 Å². The minimum Gasteiger partial charge on any atom is -0.384 e. The van der Waals surface area contributed by atoms with E-state index in [1.54, 1.807) is 19.2 Å². The van der Waals surface area contributed by atoms with Crippen LogP contribution in [0.3, 0.4) is 0 Å². The lowest BCUT2D eigenvalue weighted by molar-refractivity contribution is 0.215. The number of halogens is 1. The molecule has 0 bridgehead atoms. The molecule has 4 nitrogen and oxygen atoms in total. The summed E-state index contributed by atoms with van der Waals surface area (Å²) in [4.78, 5) is 0. The third-order valence-electron chi connectivity index (χ3n) is 2.51. The van der Waals surface area contributed by atoms with Crippen molar-refractivity contribution in [1.29, 1.82) is 0 Å². The number of hydrogen-bond acceptors (Lipinski definition) is 3. The third-order valence-corrected chi connectivity index (χ3v) is 2.51. The van der Waals surface area contributed by atoms with Crippen LogP contribution < -0.4 is 5.73 Å². The van der Waals surface area contributed by atoms with Gasteiger partial charge in [-0.2, -0.15) is 5.10 Å². The lowest BCUT2D eigenvalue weighted by Gasteiger charge is -2.11. The van der Waals surface area contributed by atoms with Gasteiger partial charge in [-0.15, -0.1) is 0 Å². The summed E-state index contributed by atoms with van der Waals surface area (Å²) < 4.78 is 14.9. The first-order valence-corrected chi connectivity index (χ1v) is 4.81. The van der Waals surface area contributed by atoms with Gasteiger partial charge < -0.3 is 10.8 Å². The smallest absolute Gasteiger partial charge is 0.129 e. The van der Waals surface area contributed by atoms with Gasteiger partial charge in [-0.3, -0.25) is 4.68 Å². The van der Waals surface area contributed by atoms with E-state index in [2.05, 4.69) is 5.10 Å². The summed E-state index contributed by atoms with van der Waals surface area (Å²) in [6.07, 6.45) is 0.349. The molecule has 84 valence electrons. The molecule has 0 radical (unpaired) electrons. The Bertz CT molecular complexity index is 510. The number of nitrogens with two attached hydrogens (primary N) is 1. The molecule has 0 saturated heterocycles. The van der Waals surface area contributed by atoms with Gasteiger partial charge >= 0.3 is 0 Å². The van der Waals surface area contributed by atoms with Gasteiger partial charge in [0.15, 0.2) is 0 Å². The Morgan fingerprint density at radius 3 is 2.62 bits per heavy atom. The molecule has 0 fully saturated rings. The average molecular weight is 221 g/mol. The molecule has 3 N–H and O–H groups in total. The highest BCUT2D eigenvalue weighted by molar-refractivity contribution is 5.44. The highest BCUT2D eigenvalue weighted by Gasteiger charge is 2.19. The van der Waals surface area contributed by atoms with Crippen LogP contribution in [-0.4, -0.2) is 14.9 Å². The molecule has 0 aliphatic rings. The number of nitrogen functional groups attached to an aromatic ring is 1. The monoisotopic (exact) mass is 221 g/mol. The first kappa shape index (κ1) is 10.6. The lowest BCUT2D eigenvalue weighted by atomic mass is 10.0. The van der Waals surface area contributed by atoms with Crippen LogP contribution in [0.1, 0.15) is 17.2 Å². The maximum absolute atomic E-state index is 13.4. The maximum atomic E-state index is 13.4. The van der Waals surface area contributed by atoms with E-state index in [4.69, 9.17) is 5.73 Å². The molecule has 16 heavy (non-hydrogen) atoms. The van der Waals surface area contributed by atoms with Gasteiger partial charge in [-0.1, -0.05) is 18.2 Å². The fraction of sp³-hybridized carbons (Fsp3) is 0.182. The van der Waals surface area contributed by atoms with Crippen molar-refractivity contribution in [2.75, 3.05) is 5.73 Å². The number of aliphatic hydroxyl groups is 1. The zero-order chi connectivity index (χ0) is 11.7. The SMILES string of the molecule is Cn1ncc(C(O)c2ccccc2F)c1N. The molecule has 1 heterocycles. The van der Waals surface area contributed by atoms with Crippen LogP contribution in [0.15, 0.2) is 30.5 Å². The standard InChI is InChI=1S/C11H12FN3O/c1-15-11(13)8(6-14-15)10(16)7-4-2-3-5-9(7)12/h2-6,10,16H,13H2,1H3. The predicted octanol–water partition coefficient (Wildman–Crippen LogP) is 1.22. The Balaban J connectivity index is 2.43. The molecular weight excluding hydrogens is 209 g/mol. The number of aryl methyl sites for hydroxylation is 1. The van der Waals surface area contributed by atoms with Crippen molar-refractivity contribution < 1.29 is 9.50 Å². The average Bonchev–Trinajstić information content (AvgIpc) is 2.60. The van der Waals surface area contributed by atoms with Gasteiger partial charge in [0.2, 0.25) is 0 Å². The quantitative estimate of drug-likeness (QED) is 0.801. The van der Waals surface area contributed by atoms with Crippen molar-refractivity contribution in [3.8, 4) is 0 Å². The number of anilines is 1. The Kier molecular flexibility index (Phi) is 2.62. The van der Waals surface area contributed by atoms with E-state index in [1.165, 1.54) is 23.0 Å². The van der Waals surface area contributed by atoms with Gasteiger partial charge in [-0.05, 0) is 6.07 Å². The first-order valence-electron chi connectivity index (χ1n) is 4.81.